The molecule has 5 nitrogen and oxygen atoms in total. The lowest BCUT2D eigenvalue weighted by Crippen LogP contribution is -2.42. The van der Waals surface area contributed by atoms with Crippen LogP contribution in [0.5, 0.6) is 0 Å². The molecule has 2 aromatic carbocycles. The maximum Gasteiger partial charge on any atom is 0.252 e. The number of nitrogens with one attached hydrogen (secondary N) is 1. The predicted molar refractivity (Wildman–Crippen MR) is 125 cm³/mol. The average molecular weight is 439 g/mol. The van der Waals surface area contributed by atoms with Gasteiger partial charge in [0.25, 0.3) is 5.56 Å². The van der Waals surface area contributed by atoms with Crippen LogP contribution >= 0.6 is 0 Å². The van der Waals surface area contributed by atoms with Crippen molar-refractivity contribution >= 4 is 20.9 Å². The highest BCUT2D eigenvalue weighted by atomic mass is 32.2. The molecule has 0 amide bonds. The van der Waals surface area contributed by atoms with Gasteiger partial charge in [0.2, 0.25) is 10.0 Å². The fourth-order valence-electron chi connectivity index (χ4n) is 4.63. The Labute approximate surface area is 184 Å². The number of pyridine rings is 1. The molecule has 0 radical (unpaired) electrons. The maximum absolute atomic E-state index is 13.6. The number of hydrogen-bond acceptors (Lipinski definition) is 3. The van der Waals surface area contributed by atoms with Crippen LogP contribution in [-0.4, -0.2) is 23.7 Å². The van der Waals surface area contributed by atoms with Crippen LogP contribution in [0.3, 0.4) is 0 Å². The van der Waals surface area contributed by atoms with Gasteiger partial charge >= 0.3 is 0 Å². The Balaban J connectivity index is 1.79. The second-order valence-corrected chi connectivity index (χ2v) is 10.7. The summed E-state index contributed by atoms with van der Waals surface area (Å²) in [6, 6.07) is 12.8. The molecule has 1 fully saturated rings. The summed E-state index contributed by atoms with van der Waals surface area (Å²) in [5.41, 5.74) is 4.21. The van der Waals surface area contributed by atoms with Crippen LogP contribution in [0.2, 0.25) is 0 Å². The van der Waals surface area contributed by atoms with Gasteiger partial charge in [-0.15, -0.1) is 0 Å². The number of nitrogens with zero attached hydrogens (tertiary/aromatic N) is 1. The average Bonchev–Trinajstić information content (AvgIpc) is 2.73. The Bertz CT molecular complexity index is 1250. The molecule has 0 bridgehead atoms. The Morgan fingerprint density at radius 2 is 1.61 bits per heavy atom. The summed E-state index contributed by atoms with van der Waals surface area (Å²) >= 11 is 0. The third-order valence-corrected chi connectivity index (χ3v) is 8.24. The van der Waals surface area contributed by atoms with Gasteiger partial charge in [-0.3, -0.25) is 4.79 Å². The van der Waals surface area contributed by atoms with Crippen molar-refractivity contribution in [3.05, 3.63) is 75.1 Å². The summed E-state index contributed by atoms with van der Waals surface area (Å²) in [4.78, 5) is 16.2. The molecular weight excluding hydrogens is 408 g/mol. The fraction of sp³-hybridized carbons (Fsp3) is 0.400. The second-order valence-electron chi connectivity index (χ2n) is 8.82. The quantitative estimate of drug-likeness (QED) is 0.611. The molecule has 0 unspecified atom stereocenters. The number of fused-ring (bicyclic) bond motifs is 1. The van der Waals surface area contributed by atoms with E-state index in [9.17, 15) is 13.2 Å². The highest BCUT2D eigenvalue weighted by Gasteiger charge is 2.33. The van der Waals surface area contributed by atoms with Crippen molar-refractivity contribution in [1.29, 1.82) is 0 Å². The minimum absolute atomic E-state index is 0.0828. The van der Waals surface area contributed by atoms with Gasteiger partial charge in [0, 0.05) is 29.1 Å². The number of H-pyrrole nitrogens is 1. The maximum atomic E-state index is 13.6. The Morgan fingerprint density at radius 3 is 2.29 bits per heavy atom. The molecule has 0 aliphatic heterocycles. The first kappa shape index (κ1) is 21.8. The number of rotatable bonds is 5. The molecule has 1 aliphatic rings. The molecule has 1 N–H and O–H groups in total. The smallest absolute Gasteiger partial charge is 0.252 e. The van der Waals surface area contributed by atoms with Crippen LogP contribution < -0.4 is 5.56 Å². The normalized spacial score (nSPS) is 15.6. The van der Waals surface area contributed by atoms with E-state index in [1.54, 1.807) is 16.4 Å². The lowest BCUT2D eigenvalue weighted by molar-refractivity contribution is 0.247. The summed E-state index contributed by atoms with van der Waals surface area (Å²) in [5, 5.41) is 0.955. The molecule has 1 saturated carbocycles. The fourth-order valence-corrected chi connectivity index (χ4v) is 6.29. The van der Waals surface area contributed by atoms with E-state index in [1.165, 1.54) is 0 Å². The van der Waals surface area contributed by atoms with E-state index >= 15 is 0 Å². The number of aromatic amines is 1. The Kier molecular flexibility index (Phi) is 6.04. The highest BCUT2D eigenvalue weighted by molar-refractivity contribution is 7.89. The van der Waals surface area contributed by atoms with Crippen LogP contribution in [0, 0.1) is 20.8 Å². The number of aromatic nitrogens is 1. The van der Waals surface area contributed by atoms with E-state index in [2.05, 4.69) is 11.1 Å². The molecule has 1 aromatic heterocycles. The first-order chi connectivity index (χ1) is 14.8. The zero-order valence-electron chi connectivity index (χ0n) is 18.4. The van der Waals surface area contributed by atoms with E-state index < -0.39 is 10.0 Å². The molecule has 1 aliphatic carbocycles. The van der Waals surface area contributed by atoms with Crippen molar-refractivity contribution < 1.29 is 8.42 Å². The van der Waals surface area contributed by atoms with Crippen LogP contribution in [0.1, 0.15) is 54.4 Å². The van der Waals surface area contributed by atoms with Crippen molar-refractivity contribution in [3.63, 3.8) is 0 Å². The van der Waals surface area contributed by atoms with Crippen molar-refractivity contribution in [3.8, 4) is 0 Å². The van der Waals surface area contributed by atoms with Gasteiger partial charge in [-0.1, -0.05) is 43.0 Å². The standard InChI is InChI=1S/C25H30N2O3S/c1-17-9-11-22(12-10-17)31(29,30)27(21-7-5-4-6-8-21)16-20-15-23-19(3)13-18(2)14-24(23)26-25(20)28/h9-15,21H,4-8,16H2,1-3H3,(H,26,28). The van der Waals surface area contributed by atoms with Crippen LogP contribution in [0.4, 0.5) is 0 Å². The first-order valence-electron chi connectivity index (χ1n) is 11.0. The summed E-state index contributed by atoms with van der Waals surface area (Å²) in [7, 11) is -3.72. The Morgan fingerprint density at radius 1 is 0.935 bits per heavy atom. The van der Waals surface area contributed by atoms with Gasteiger partial charge in [0.05, 0.1) is 4.90 Å². The van der Waals surface area contributed by atoms with Gasteiger partial charge < -0.3 is 4.98 Å². The van der Waals surface area contributed by atoms with E-state index in [4.69, 9.17) is 0 Å². The third kappa shape index (κ3) is 4.46. The number of aryl methyl sites for hydroxylation is 3. The summed E-state index contributed by atoms with van der Waals surface area (Å²) in [5.74, 6) is 0. The molecule has 6 heteroatoms. The van der Waals surface area contributed by atoms with Gasteiger partial charge in [0.1, 0.15) is 0 Å². The zero-order chi connectivity index (χ0) is 22.2. The molecule has 164 valence electrons. The minimum atomic E-state index is -3.72. The molecule has 0 spiro atoms. The van der Waals surface area contributed by atoms with E-state index in [1.807, 2.05) is 45.0 Å². The van der Waals surface area contributed by atoms with E-state index in [-0.39, 0.29) is 23.0 Å². The van der Waals surface area contributed by atoms with Crippen molar-refractivity contribution in [2.24, 2.45) is 0 Å². The lowest BCUT2D eigenvalue weighted by atomic mass is 9.95. The van der Waals surface area contributed by atoms with Crippen molar-refractivity contribution in [2.75, 3.05) is 0 Å². The van der Waals surface area contributed by atoms with Gasteiger partial charge in [-0.05, 0) is 69.0 Å². The molecule has 1 heterocycles. The minimum Gasteiger partial charge on any atom is -0.322 e. The zero-order valence-corrected chi connectivity index (χ0v) is 19.3. The summed E-state index contributed by atoms with van der Waals surface area (Å²) < 4.78 is 28.9. The molecule has 31 heavy (non-hydrogen) atoms. The lowest BCUT2D eigenvalue weighted by Gasteiger charge is -2.33. The van der Waals surface area contributed by atoms with Gasteiger partial charge in [-0.25, -0.2) is 8.42 Å². The van der Waals surface area contributed by atoms with E-state index in [0.29, 0.717) is 5.56 Å². The summed E-state index contributed by atoms with van der Waals surface area (Å²) in [6.45, 7) is 6.03. The first-order valence-corrected chi connectivity index (χ1v) is 12.4. The SMILES string of the molecule is Cc1ccc(S(=O)(=O)N(Cc2cc3c(C)cc(C)cc3[nH]c2=O)C2CCCCC2)cc1. The number of sulfonamides is 1. The van der Waals surface area contributed by atoms with E-state index in [0.717, 1.165) is 59.7 Å². The Hall–Kier alpha value is -2.44. The predicted octanol–water partition coefficient (Wildman–Crippen LogP) is 4.98. The largest absolute Gasteiger partial charge is 0.322 e. The number of hydrogen-bond donors (Lipinski definition) is 1. The van der Waals surface area contributed by atoms with Crippen LogP contribution in [0.25, 0.3) is 10.9 Å². The third-order valence-electron chi connectivity index (χ3n) is 6.33. The summed E-state index contributed by atoms with van der Waals surface area (Å²) in [6.07, 6.45) is 4.81. The molecular formula is C25H30N2O3S. The van der Waals surface area contributed by atoms with Crippen LogP contribution in [0.15, 0.2) is 52.2 Å². The van der Waals surface area contributed by atoms with Crippen molar-refractivity contribution in [2.45, 2.75) is 70.4 Å². The molecule has 0 saturated heterocycles. The van der Waals surface area contributed by atoms with Gasteiger partial charge in [-0.2, -0.15) is 4.31 Å². The van der Waals surface area contributed by atoms with Crippen molar-refractivity contribution in [1.82, 2.24) is 9.29 Å². The number of benzene rings is 2. The molecule has 0 atom stereocenters. The molecule has 4 rings (SSSR count). The molecule has 3 aromatic rings. The topological polar surface area (TPSA) is 70.2 Å². The monoisotopic (exact) mass is 438 g/mol. The second kappa shape index (κ2) is 8.60. The van der Waals surface area contributed by atoms with Gasteiger partial charge in [0.15, 0.2) is 0 Å². The highest BCUT2D eigenvalue weighted by Crippen LogP contribution is 2.30. The van der Waals surface area contributed by atoms with Crippen LogP contribution in [-0.2, 0) is 16.6 Å².